The minimum atomic E-state index is 0.125. The number of rotatable bonds is 1. The van der Waals surface area contributed by atoms with Gasteiger partial charge >= 0.3 is 0 Å². The van der Waals surface area contributed by atoms with Gasteiger partial charge in [0.2, 0.25) is 0 Å². The van der Waals surface area contributed by atoms with Crippen LogP contribution in [0.2, 0.25) is 0 Å². The van der Waals surface area contributed by atoms with Crippen molar-refractivity contribution < 1.29 is 0 Å². The summed E-state index contributed by atoms with van der Waals surface area (Å²) in [6.07, 6.45) is 0. The maximum Gasteiger partial charge on any atom is 0.0619 e. The molecule has 0 atom stereocenters. The molecule has 0 bridgehead atoms. The lowest BCUT2D eigenvalue weighted by atomic mass is 9.85. The zero-order chi connectivity index (χ0) is 18.6. The van der Waals surface area contributed by atoms with Gasteiger partial charge in [-0.1, -0.05) is 81.4 Å². The van der Waals surface area contributed by atoms with Gasteiger partial charge in [-0.25, -0.2) is 0 Å². The largest absolute Gasteiger partial charge is 0.309 e. The predicted molar refractivity (Wildman–Crippen MR) is 117 cm³/mol. The molecule has 0 radical (unpaired) electrons. The highest BCUT2D eigenvalue weighted by molar-refractivity contribution is 6.18. The summed E-state index contributed by atoms with van der Waals surface area (Å²) < 4.78 is 2.42. The zero-order valence-corrected chi connectivity index (χ0v) is 16.0. The average Bonchev–Trinajstić information content (AvgIpc) is 3.02. The molecule has 0 saturated heterocycles. The van der Waals surface area contributed by atoms with Crippen LogP contribution >= 0.6 is 0 Å². The molecule has 0 fully saturated rings. The minimum absolute atomic E-state index is 0.125. The lowest BCUT2D eigenvalue weighted by Crippen LogP contribution is -2.10. The number of nitrogens with zero attached hydrogens (tertiary/aromatic N) is 1. The maximum atomic E-state index is 2.42. The van der Waals surface area contributed by atoms with Crippen molar-refractivity contribution in [3.63, 3.8) is 0 Å². The van der Waals surface area contributed by atoms with Crippen molar-refractivity contribution in [2.45, 2.75) is 26.2 Å². The van der Waals surface area contributed by atoms with E-state index in [0.29, 0.717) is 0 Å². The van der Waals surface area contributed by atoms with E-state index in [4.69, 9.17) is 0 Å². The molecular weight excluding hydrogens is 326 g/mol. The van der Waals surface area contributed by atoms with Crippen LogP contribution in [0, 0.1) is 0 Å². The molecule has 132 valence electrons. The fourth-order valence-electron chi connectivity index (χ4n) is 4.09. The van der Waals surface area contributed by atoms with Gasteiger partial charge in [-0.3, -0.25) is 0 Å². The van der Waals surface area contributed by atoms with Gasteiger partial charge in [0.05, 0.1) is 11.0 Å². The number of benzene rings is 4. The predicted octanol–water partition coefficient (Wildman–Crippen LogP) is 7.23. The summed E-state index contributed by atoms with van der Waals surface area (Å²) in [5.41, 5.74) is 5.25. The molecule has 1 nitrogen and oxygen atoms in total. The fraction of sp³-hybridized carbons (Fsp3) is 0.154. The molecule has 5 aromatic rings. The highest BCUT2D eigenvalue weighted by Crippen LogP contribution is 2.37. The van der Waals surface area contributed by atoms with Gasteiger partial charge in [0.1, 0.15) is 0 Å². The molecule has 1 aromatic heterocycles. The van der Waals surface area contributed by atoms with E-state index < -0.39 is 0 Å². The van der Waals surface area contributed by atoms with Crippen LogP contribution in [0.25, 0.3) is 38.3 Å². The van der Waals surface area contributed by atoms with Crippen LogP contribution in [-0.2, 0) is 5.41 Å². The summed E-state index contributed by atoms with van der Waals surface area (Å²) in [4.78, 5) is 0. The average molecular weight is 349 g/mol. The first-order valence-corrected chi connectivity index (χ1v) is 9.56. The number of aromatic nitrogens is 1. The Morgan fingerprint density at radius 3 is 2.11 bits per heavy atom. The first-order valence-electron chi connectivity index (χ1n) is 9.56. The van der Waals surface area contributed by atoms with Gasteiger partial charge < -0.3 is 4.57 Å². The van der Waals surface area contributed by atoms with Crippen LogP contribution in [0.1, 0.15) is 26.3 Å². The van der Waals surface area contributed by atoms with Crippen molar-refractivity contribution in [3.8, 4) is 5.69 Å². The quantitative estimate of drug-likeness (QED) is 0.301. The van der Waals surface area contributed by atoms with E-state index in [9.17, 15) is 0 Å². The van der Waals surface area contributed by atoms with Gasteiger partial charge in [-0.15, -0.1) is 0 Å². The second-order valence-electron chi connectivity index (χ2n) is 8.34. The van der Waals surface area contributed by atoms with Gasteiger partial charge in [-0.2, -0.15) is 0 Å². The first kappa shape index (κ1) is 16.1. The van der Waals surface area contributed by atoms with Gasteiger partial charge in [0.25, 0.3) is 0 Å². The molecule has 0 spiro atoms. The van der Waals surface area contributed by atoms with Crippen molar-refractivity contribution >= 4 is 32.6 Å². The summed E-state index contributed by atoms with van der Waals surface area (Å²) in [6, 6.07) is 30.9. The third-order valence-electron chi connectivity index (χ3n) is 5.53. The Bertz CT molecular complexity index is 1280. The van der Waals surface area contributed by atoms with Crippen molar-refractivity contribution in [1.82, 2.24) is 4.57 Å². The van der Waals surface area contributed by atoms with E-state index in [1.54, 1.807) is 0 Å². The molecule has 0 aliphatic rings. The van der Waals surface area contributed by atoms with E-state index in [1.165, 1.54) is 43.8 Å². The Labute approximate surface area is 159 Å². The van der Waals surface area contributed by atoms with Crippen molar-refractivity contribution in [1.29, 1.82) is 0 Å². The van der Waals surface area contributed by atoms with Crippen LogP contribution in [-0.4, -0.2) is 4.57 Å². The molecule has 1 heteroatoms. The molecule has 0 N–H and O–H groups in total. The minimum Gasteiger partial charge on any atom is -0.309 e. The number of para-hydroxylation sites is 2. The number of hydrogen-bond donors (Lipinski definition) is 0. The molecule has 0 saturated carbocycles. The Balaban J connectivity index is 2.02. The van der Waals surface area contributed by atoms with Crippen LogP contribution in [0.3, 0.4) is 0 Å². The molecular formula is C26H23N. The van der Waals surface area contributed by atoms with E-state index in [1.807, 2.05) is 0 Å². The molecule has 0 amide bonds. The Morgan fingerprint density at radius 1 is 0.630 bits per heavy atom. The van der Waals surface area contributed by atoms with Gasteiger partial charge in [0, 0.05) is 21.8 Å². The molecule has 4 aromatic carbocycles. The van der Waals surface area contributed by atoms with Crippen LogP contribution in [0.15, 0.2) is 84.9 Å². The molecule has 1 heterocycles. The monoisotopic (exact) mass is 349 g/mol. The van der Waals surface area contributed by atoms with E-state index in [-0.39, 0.29) is 5.41 Å². The molecule has 27 heavy (non-hydrogen) atoms. The van der Waals surface area contributed by atoms with E-state index in [2.05, 4.69) is 110 Å². The SMILES string of the molecule is CC(C)(C)c1ccc2ccc3c4ccccc4n(-c4ccccc4)c3c2c1. The summed E-state index contributed by atoms with van der Waals surface area (Å²) in [5, 5.41) is 5.22. The molecule has 0 unspecified atom stereocenters. The van der Waals surface area contributed by atoms with Crippen LogP contribution in [0.5, 0.6) is 0 Å². The van der Waals surface area contributed by atoms with Crippen molar-refractivity contribution in [2.75, 3.05) is 0 Å². The molecule has 0 aliphatic carbocycles. The normalized spacial score (nSPS) is 12.3. The molecule has 5 rings (SSSR count). The Kier molecular flexibility index (Phi) is 3.42. The van der Waals surface area contributed by atoms with E-state index >= 15 is 0 Å². The first-order chi connectivity index (χ1) is 13.0. The third-order valence-corrected chi connectivity index (χ3v) is 5.53. The second kappa shape index (κ2) is 5.72. The van der Waals surface area contributed by atoms with Crippen LogP contribution in [0.4, 0.5) is 0 Å². The van der Waals surface area contributed by atoms with Crippen molar-refractivity contribution in [2.24, 2.45) is 0 Å². The summed E-state index contributed by atoms with van der Waals surface area (Å²) in [5.74, 6) is 0. The van der Waals surface area contributed by atoms with Gasteiger partial charge in [0.15, 0.2) is 0 Å². The fourth-order valence-corrected chi connectivity index (χ4v) is 4.09. The Hall–Kier alpha value is -3.06. The summed E-state index contributed by atoms with van der Waals surface area (Å²) in [6.45, 7) is 6.84. The molecule has 0 aliphatic heterocycles. The topological polar surface area (TPSA) is 4.93 Å². The zero-order valence-electron chi connectivity index (χ0n) is 16.0. The Morgan fingerprint density at radius 2 is 1.33 bits per heavy atom. The lowest BCUT2D eigenvalue weighted by molar-refractivity contribution is 0.591. The standard InChI is InChI=1S/C26H23N/c1-26(2,3)19-15-13-18-14-16-22-21-11-7-8-12-24(21)27(25(22)23(18)17-19)20-9-5-4-6-10-20/h4-17H,1-3H3. The maximum absolute atomic E-state index is 2.42. The number of hydrogen-bond acceptors (Lipinski definition) is 0. The van der Waals surface area contributed by atoms with Gasteiger partial charge in [-0.05, 0) is 40.6 Å². The van der Waals surface area contributed by atoms with E-state index in [0.717, 1.165) is 0 Å². The van der Waals surface area contributed by atoms with Crippen molar-refractivity contribution in [3.05, 3.63) is 90.5 Å². The number of fused-ring (bicyclic) bond motifs is 5. The lowest BCUT2D eigenvalue weighted by Gasteiger charge is -2.20. The summed E-state index contributed by atoms with van der Waals surface area (Å²) in [7, 11) is 0. The second-order valence-corrected chi connectivity index (χ2v) is 8.34. The smallest absolute Gasteiger partial charge is 0.0619 e. The highest BCUT2D eigenvalue weighted by Gasteiger charge is 2.18. The van der Waals surface area contributed by atoms with Crippen LogP contribution < -0.4 is 0 Å². The highest BCUT2D eigenvalue weighted by atomic mass is 15.0. The summed E-state index contributed by atoms with van der Waals surface area (Å²) >= 11 is 0. The third kappa shape index (κ3) is 2.46.